The Kier molecular flexibility index (Phi) is 8.35. The lowest BCUT2D eigenvalue weighted by Gasteiger charge is -2.34. The minimum absolute atomic E-state index is 0.0714. The van der Waals surface area contributed by atoms with Gasteiger partial charge in [-0.05, 0) is 47.6 Å². The molecule has 0 radical (unpaired) electrons. The van der Waals surface area contributed by atoms with Gasteiger partial charge < -0.3 is 24.8 Å². The first-order valence-electron chi connectivity index (χ1n) is 9.14. The molecule has 1 aromatic rings. The van der Waals surface area contributed by atoms with Crippen molar-refractivity contribution in [1.82, 2.24) is 0 Å². The van der Waals surface area contributed by atoms with Crippen LogP contribution in [0.4, 0.5) is 0 Å². The van der Waals surface area contributed by atoms with E-state index in [4.69, 9.17) is 14.6 Å². The van der Waals surface area contributed by atoms with Gasteiger partial charge >= 0.3 is 0 Å². The number of aliphatic hydroxyl groups excluding tert-OH is 3. The average molecular weight is 441 g/mol. The van der Waals surface area contributed by atoms with Gasteiger partial charge in [0.1, 0.15) is 30.8 Å². The van der Waals surface area contributed by atoms with E-state index in [0.717, 1.165) is 12.2 Å². The Morgan fingerprint density at radius 2 is 1.78 bits per heavy atom. The standard InChI is InChI=1S/C21H29BrO5/c1-21(2,15-3-7-19(8-4-15)26-13-17(24)11-22)16-5-9-20(10-6-16)27-14-18(25)12-23/h3,5-10,15,17-18,23-25H,4,11-14H2,1-2H3. The summed E-state index contributed by atoms with van der Waals surface area (Å²) < 4.78 is 11.1. The van der Waals surface area contributed by atoms with E-state index in [1.54, 1.807) is 0 Å². The minimum atomic E-state index is -0.868. The van der Waals surface area contributed by atoms with Gasteiger partial charge in [-0.3, -0.25) is 0 Å². The maximum Gasteiger partial charge on any atom is 0.119 e. The molecule has 0 aliphatic heterocycles. The molecule has 3 N–H and O–H groups in total. The Morgan fingerprint density at radius 3 is 2.33 bits per heavy atom. The highest BCUT2D eigenvalue weighted by Gasteiger charge is 2.30. The van der Waals surface area contributed by atoms with Crippen molar-refractivity contribution in [2.45, 2.75) is 37.9 Å². The van der Waals surface area contributed by atoms with Crippen molar-refractivity contribution in [2.75, 3.05) is 25.2 Å². The molecular formula is C21H29BrO5. The number of rotatable bonds is 10. The number of hydrogen-bond acceptors (Lipinski definition) is 5. The molecule has 1 aliphatic carbocycles. The quantitative estimate of drug-likeness (QED) is 0.487. The Bertz CT molecular complexity index is 638. The molecule has 3 unspecified atom stereocenters. The summed E-state index contributed by atoms with van der Waals surface area (Å²) in [6.07, 6.45) is 5.70. The number of alkyl halides is 1. The Hall–Kier alpha value is -1.34. The van der Waals surface area contributed by atoms with Crippen molar-refractivity contribution in [1.29, 1.82) is 0 Å². The van der Waals surface area contributed by atoms with E-state index in [-0.39, 0.29) is 25.2 Å². The Labute approximate surface area is 169 Å². The predicted octanol–water partition coefficient (Wildman–Crippen LogP) is 2.93. The smallest absolute Gasteiger partial charge is 0.119 e. The van der Waals surface area contributed by atoms with Crippen molar-refractivity contribution in [3.63, 3.8) is 0 Å². The molecule has 0 bridgehead atoms. The number of benzene rings is 1. The molecule has 0 amide bonds. The first kappa shape index (κ1) is 22.0. The summed E-state index contributed by atoms with van der Waals surface area (Å²) in [7, 11) is 0. The van der Waals surface area contributed by atoms with Gasteiger partial charge in [-0.2, -0.15) is 0 Å². The number of aliphatic hydroxyl groups is 3. The average Bonchev–Trinajstić information content (AvgIpc) is 2.70. The van der Waals surface area contributed by atoms with Gasteiger partial charge in [-0.25, -0.2) is 0 Å². The highest BCUT2D eigenvalue weighted by molar-refractivity contribution is 9.09. The maximum atomic E-state index is 9.56. The molecule has 1 aliphatic rings. The number of halogens is 1. The van der Waals surface area contributed by atoms with E-state index in [1.807, 2.05) is 30.3 Å². The third-order valence-corrected chi connectivity index (χ3v) is 5.61. The summed E-state index contributed by atoms with van der Waals surface area (Å²) in [5.41, 5.74) is 1.12. The van der Waals surface area contributed by atoms with E-state index in [0.29, 0.717) is 17.0 Å². The van der Waals surface area contributed by atoms with Crippen LogP contribution in [0.3, 0.4) is 0 Å². The summed E-state index contributed by atoms with van der Waals surface area (Å²) in [6.45, 7) is 4.46. The topological polar surface area (TPSA) is 79.2 Å². The van der Waals surface area contributed by atoms with Crippen LogP contribution >= 0.6 is 15.9 Å². The first-order chi connectivity index (χ1) is 12.9. The lowest BCUT2D eigenvalue weighted by atomic mass is 9.71. The molecule has 6 heteroatoms. The number of allylic oxidation sites excluding steroid dienone is 3. The molecule has 1 aromatic carbocycles. The molecular weight excluding hydrogens is 412 g/mol. The number of ether oxygens (including phenoxy) is 2. The predicted molar refractivity (Wildman–Crippen MR) is 109 cm³/mol. The van der Waals surface area contributed by atoms with Crippen LogP contribution in [0.1, 0.15) is 25.8 Å². The van der Waals surface area contributed by atoms with Crippen LogP contribution in [0.2, 0.25) is 0 Å². The summed E-state index contributed by atoms with van der Waals surface area (Å²) in [5, 5.41) is 28.3. The zero-order valence-electron chi connectivity index (χ0n) is 15.8. The summed E-state index contributed by atoms with van der Waals surface area (Å²) >= 11 is 3.23. The minimum Gasteiger partial charge on any atom is -0.491 e. The van der Waals surface area contributed by atoms with Crippen LogP contribution in [0.5, 0.6) is 5.75 Å². The fraction of sp³-hybridized carbons (Fsp3) is 0.524. The lowest BCUT2D eigenvalue weighted by molar-refractivity contribution is 0.0536. The fourth-order valence-electron chi connectivity index (χ4n) is 2.92. The van der Waals surface area contributed by atoms with Crippen molar-refractivity contribution in [3.8, 4) is 5.75 Å². The van der Waals surface area contributed by atoms with Gasteiger partial charge in [0.05, 0.1) is 12.7 Å². The molecule has 150 valence electrons. The molecule has 0 fully saturated rings. The van der Waals surface area contributed by atoms with Gasteiger partial charge in [0, 0.05) is 5.33 Å². The van der Waals surface area contributed by atoms with E-state index >= 15 is 0 Å². The highest BCUT2D eigenvalue weighted by atomic mass is 79.9. The van der Waals surface area contributed by atoms with Crippen LogP contribution in [0, 0.1) is 5.92 Å². The van der Waals surface area contributed by atoms with Gasteiger partial charge in [-0.15, -0.1) is 0 Å². The van der Waals surface area contributed by atoms with Gasteiger partial charge in [0.2, 0.25) is 0 Å². The largest absolute Gasteiger partial charge is 0.491 e. The van der Waals surface area contributed by atoms with Crippen LogP contribution in [0.15, 0.2) is 48.3 Å². The summed E-state index contributed by atoms with van der Waals surface area (Å²) in [6, 6.07) is 7.85. The highest BCUT2D eigenvalue weighted by Crippen LogP contribution is 2.38. The van der Waals surface area contributed by atoms with Crippen LogP contribution in [-0.2, 0) is 10.2 Å². The zero-order chi connectivity index (χ0) is 19.9. The normalized spacial score (nSPS) is 19.3. The van der Waals surface area contributed by atoms with E-state index in [1.165, 1.54) is 5.56 Å². The molecule has 0 spiro atoms. The zero-order valence-corrected chi connectivity index (χ0v) is 17.4. The van der Waals surface area contributed by atoms with Crippen molar-refractivity contribution >= 4 is 15.9 Å². The van der Waals surface area contributed by atoms with Gasteiger partial charge in [0.25, 0.3) is 0 Å². The molecule has 0 aromatic heterocycles. The van der Waals surface area contributed by atoms with Gasteiger partial charge in [0.15, 0.2) is 0 Å². The van der Waals surface area contributed by atoms with E-state index in [2.05, 4.69) is 41.9 Å². The molecule has 27 heavy (non-hydrogen) atoms. The Balaban J connectivity index is 1.94. The molecule has 3 atom stereocenters. The van der Waals surface area contributed by atoms with Crippen LogP contribution in [-0.4, -0.2) is 52.7 Å². The first-order valence-corrected chi connectivity index (χ1v) is 10.3. The van der Waals surface area contributed by atoms with Crippen molar-refractivity contribution in [3.05, 3.63) is 53.8 Å². The third kappa shape index (κ3) is 6.35. The monoisotopic (exact) mass is 440 g/mol. The second-order valence-electron chi connectivity index (χ2n) is 7.32. The SMILES string of the molecule is CC(C)(c1ccc(OCC(O)CO)cc1)C1C=CC(OCC(O)CBr)=CC1. The van der Waals surface area contributed by atoms with E-state index < -0.39 is 12.2 Å². The second-order valence-corrected chi connectivity index (χ2v) is 7.97. The molecule has 0 saturated carbocycles. The van der Waals surface area contributed by atoms with Crippen molar-refractivity contribution in [2.24, 2.45) is 5.92 Å². The second kappa shape index (κ2) is 10.3. The van der Waals surface area contributed by atoms with E-state index in [9.17, 15) is 10.2 Å². The molecule has 2 rings (SSSR count). The molecule has 0 saturated heterocycles. The fourth-order valence-corrected chi connectivity index (χ4v) is 3.11. The summed E-state index contributed by atoms with van der Waals surface area (Å²) in [5.74, 6) is 1.80. The lowest BCUT2D eigenvalue weighted by Crippen LogP contribution is -2.28. The van der Waals surface area contributed by atoms with Crippen LogP contribution in [0.25, 0.3) is 0 Å². The maximum absolute atomic E-state index is 9.56. The molecule has 5 nitrogen and oxygen atoms in total. The van der Waals surface area contributed by atoms with Crippen molar-refractivity contribution < 1.29 is 24.8 Å². The van der Waals surface area contributed by atoms with Gasteiger partial charge in [-0.1, -0.05) is 48.0 Å². The number of hydrogen-bond donors (Lipinski definition) is 3. The third-order valence-electron chi connectivity index (χ3n) is 4.86. The summed E-state index contributed by atoms with van der Waals surface area (Å²) in [4.78, 5) is 0. The molecule has 0 heterocycles. The Morgan fingerprint density at radius 1 is 1.11 bits per heavy atom. The van der Waals surface area contributed by atoms with Crippen LogP contribution < -0.4 is 4.74 Å².